The maximum Gasteiger partial charge on any atom is 0.192 e. The largest absolute Gasteiger partial charge is 0.413 e. The van der Waals surface area contributed by atoms with Crippen LogP contribution in [0.1, 0.15) is 48.0 Å². The summed E-state index contributed by atoms with van der Waals surface area (Å²) in [4.78, 5) is 11.3. The first kappa shape index (κ1) is 28.1. The predicted octanol–water partition coefficient (Wildman–Crippen LogP) is 6.86. The number of hydrogen-bond acceptors (Lipinski definition) is 3. The summed E-state index contributed by atoms with van der Waals surface area (Å²) in [6.45, 7) is 23.9. The molecule has 0 aliphatic carbocycles. The van der Waals surface area contributed by atoms with Crippen LogP contribution in [-0.2, 0) is 14.0 Å². The topological polar surface area (TPSA) is 35.5 Å². The van der Waals surface area contributed by atoms with Crippen molar-refractivity contribution in [2.75, 3.05) is 13.0 Å². The number of rotatable bonds is 13. The average molecular weight is 447 g/mol. The molecule has 7 atom stereocenters. The molecule has 0 saturated heterocycles. The standard InChI is InChI=1S/C22H44O3P2Si/c1-11-12-13-17(2)20(24-16-27(8)26)19(4)21(18(3)14-15-23)25-28(9,10)22(5,6)7/h11-13,15,17-21H,1,14,16,26H2,2-10H3/b13-12-/t17-,18-,19+,20-,21+,27?/m0/s1. The van der Waals surface area contributed by atoms with Gasteiger partial charge in [-0.25, -0.2) is 0 Å². The summed E-state index contributed by atoms with van der Waals surface area (Å²) in [6.07, 6.45) is 8.25. The first-order valence-corrected chi connectivity index (χ1v) is 16.8. The van der Waals surface area contributed by atoms with Crippen LogP contribution in [0.5, 0.6) is 0 Å². The van der Waals surface area contributed by atoms with E-state index in [0.717, 1.165) is 12.6 Å². The second kappa shape index (κ2) is 12.8. The lowest BCUT2D eigenvalue weighted by Gasteiger charge is -2.44. The molecule has 0 aliphatic rings. The molecule has 0 heterocycles. The van der Waals surface area contributed by atoms with Crippen LogP contribution < -0.4 is 0 Å². The predicted molar refractivity (Wildman–Crippen MR) is 132 cm³/mol. The number of carbonyl (C=O) groups is 1. The SMILES string of the molecule is C=C/C=C\[C@H](C)[C@H](OCP(C)P)[C@@H](C)[C@H](O[Si](C)(C)C(C)(C)C)[C@@H](C)CC=O. The molecule has 0 aromatic heterocycles. The Morgan fingerprint density at radius 3 is 2.18 bits per heavy atom. The van der Waals surface area contributed by atoms with Crippen molar-refractivity contribution in [1.29, 1.82) is 0 Å². The number of allylic oxidation sites excluding steroid dienone is 2. The van der Waals surface area contributed by atoms with Gasteiger partial charge in [-0.05, 0) is 30.7 Å². The second-order valence-corrected chi connectivity index (χ2v) is 18.8. The van der Waals surface area contributed by atoms with E-state index in [1.54, 1.807) is 6.08 Å². The van der Waals surface area contributed by atoms with Crippen LogP contribution in [0.3, 0.4) is 0 Å². The minimum atomic E-state index is -1.98. The summed E-state index contributed by atoms with van der Waals surface area (Å²) in [6, 6.07) is 0. The van der Waals surface area contributed by atoms with Gasteiger partial charge in [0.25, 0.3) is 0 Å². The van der Waals surface area contributed by atoms with Crippen molar-refractivity contribution in [3.8, 4) is 0 Å². The molecule has 0 saturated carbocycles. The molecule has 6 heteroatoms. The Bertz CT molecular complexity index is 501. The molecule has 3 nitrogen and oxygen atoms in total. The van der Waals surface area contributed by atoms with Crippen LogP contribution in [0.25, 0.3) is 0 Å². The Morgan fingerprint density at radius 1 is 1.18 bits per heavy atom. The molecule has 0 radical (unpaired) electrons. The third-order valence-corrected chi connectivity index (χ3v) is 11.3. The zero-order valence-corrected chi connectivity index (χ0v) is 22.6. The fourth-order valence-electron chi connectivity index (χ4n) is 3.08. The lowest BCUT2D eigenvalue weighted by atomic mass is 9.83. The van der Waals surface area contributed by atoms with E-state index in [9.17, 15) is 4.79 Å². The third-order valence-electron chi connectivity index (χ3n) is 5.84. The Morgan fingerprint density at radius 2 is 1.75 bits per heavy atom. The minimum absolute atomic E-state index is 0.0109. The first-order valence-electron chi connectivity index (χ1n) is 10.3. The van der Waals surface area contributed by atoms with Gasteiger partial charge in [0.05, 0.1) is 18.6 Å². The molecule has 2 unspecified atom stereocenters. The number of hydrogen-bond donors (Lipinski definition) is 0. The Kier molecular flexibility index (Phi) is 12.8. The molecule has 0 bridgehead atoms. The maximum atomic E-state index is 11.3. The molecule has 0 aliphatic heterocycles. The zero-order chi connectivity index (χ0) is 22.1. The van der Waals surface area contributed by atoms with Crippen LogP contribution in [0.4, 0.5) is 0 Å². The van der Waals surface area contributed by atoms with Gasteiger partial charge >= 0.3 is 0 Å². The Hall–Kier alpha value is 0.147. The van der Waals surface area contributed by atoms with Gasteiger partial charge in [-0.1, -0.05) is 74.0 Å². The van der Waals surface area contributed by atoms with Gasteiger partial charge in [0, 0.05) is 18.3 Å². The minimum Gasteiger partial charge on any atom is -0.413 e. The highest BCUT2D eigenvalue weighted by Gasteiger charge is 2.43. The number of carbonyl (C=O) groups excluding carboxylic acids is 1. The Labute approximate surface area is 179 Å². The second-order valence-electron chi connectivity index (χ2n) is 9.58. The number of ether oxygens (including phenoxy) is 1. The highest BCUT2D eigenvalue weighted by atomic mass is 32.0. The third kappa shape index (κ3) is 9.31. The monoisotopic (exact) mass is 446 g/mol. The smallest absolute Gasteiger partial charge is 0.192 e. The van der Waals surface area contributed by atoms with Crippen LogP contribution >= 0.6 is 16.5 Å². The molecular formula is C22H44O3P2Si. The highest BCUT2D eigenvalue weighted by Crippen LogP contribution is 2.43. The first-order chi connectivity index (χ1) is 12.8. The van der Waals surface area contributed by atoms with Crippen LogP contribution in [-0.4, -0.2) is 39.8 Å². The molecule has 28 heavy (non-hydrogen) atoms. The van der Waals surface area contributed by atoms with E-state index in [1.807, 2.05) is 6.08 Å². The number of aldehydes is 1. The van der Waals surface area contributed by atoms with Crippen molar-refractivity contribution in [2.24, 2.45) is 17.8 Å². The van der Waals surface area contributed by atoms with Crippen molar-refractivity contribution in [2.45, 2.75) is 78.3 Å². The van der Waals surface area contributed by atoms with Gasteiger partial charge in [0.2, 0.25) is 0 Å². The zero-order valence-electron chi connectivity index (χ0n) is 19.6. The van der Waals surface area contributed by atoms with Gasteiger partial charge in [0.15, 0.2) is 8.32 Å². The van der Waals surface area contributed by atoms with Crippen LogP contribution in [0.2, 0.25) is 18.1 Å². The normalized spacial score (nSPS) is 19.6. The van der Waals surface area contributed by atoms with Crippen molar-refractivity contribution >= 4 is 31.1 Å². The van der Waals surface area contributed by atoms with Crippen molar-refractivity contribution < 1.29 is 14.0 Å². The lowest BCUT2D eigenvalue weighted by Crippen LogP contribution is -2.50. The maximum absolute atomic E-state index is 11.3. The average Bonchev–Trinajstić information content (AvgIpc) is 2.56. The summed E-state index contributed by atoms with van der Waals surface area (Å²) >= 11 is 0. The van der Waals surface area contributed by atoms with Crippen molar-refractivity contribution in [3.63, 3.8) is 0 Å². The summed E-state index contributed by atoms with van der Waals surface area (Å²) in [7, 11) is 0.667. The van der Waals surface area contributed by atoms with Crippen molar-refractivity contribution in [1.82, 2.24) is 0 Å². The molecule has 0 fully saturated rings. The molecule has 0 N–H and O–H groups in total. The van der Waals surface area contributed by atoms with E-state index in [-0.39, 0.29) is 42.6 Å². The van der Waals surface area contributed by atoms with E-state index >= 15 is 0 Å². The van der Waals surface area contributed by atoms with Gasteiger partial charge < -0.3 is 14.0 Å². The molecule has 0 aromatic carbocycles. The van der Waals surface area contributed by atoms with E-state index in [0.29, 0.717) is 6.42 Å². The fourth-order valence-corrected chi connectivity index (χ4v) is 5.23. The molecule has 0 amide bonds. The summed E-state index contributed by atoms with van der Waals surface area (Å²) in [5.41, 5.74) is 0. The molecule has 0 aromatic rings. The van der Waals surface area contributed by atoms with Gasteiger partial charge in [-0.2, -0.15) is 0 Å². The lowest BCUT2D eigenvalue weighted by molar-refractivity contribution is -0.110. The van der Waals surface area contributed by atoms with Gasteiger partial charge in [-0.15, -0.1) is 8.93 Å². The molecule has 0 rings (SSSR count). The highest BCUT2D eigenvalue weighted by molar-refractivity contribution is 8.13. The van der Waals surface area contributed by atoms with E-state index < -0.39 is 8.32 Å². The Balaban J connectivity index is 5.83. The quantitative estimate of drug-likeness (QED) is 0.134. The van der Waals surface area contributed by atoms with E-state index in [2.05, 4.69) is 82.9 Å². The summed E-state index contributed by atoms with van der Waals surface area (Å²) in [5.74, 6) is 0.567. The molecule has 0 spiro atoms. The fraction of sp³-hybridized carbons (Fsp3) is 0.773. The van der Waals surface area contributed by atoms with Gasteiger partial charge in [-0.3, -0.25) is 0 Å². The van der Waals surface area contributed by atoms with Crippen LogP contribution in [0, 0.1) is 17.8 Å². The molecular weight excluding hydrogens is 402 g/mol. The van der Waals surface area contributed by atoms with Crippen LogP contribution in [0.15, 0.2) is 24.8 Å². The van der Waals surface area contributed by atoms with E-state index in [1.165, 1.54) is 0 Å². The summed E-state index contributed by atoms with van der Waals surface area (Å²) < 4.78 is 13.3. The van der Waals surface area contributed by atoms with Gasteiger partial charge in [0.1, 0.15) is 6.29 Å². The summed E-state index contributed by atoms with van der Waals surface area (Å²) in [5, 5.41) is 0.119. The molecule has 164 valence electrons. The van der Waals surface area contributed by atoms with Crippen molar-refractivity contribution in [3.05, 3.63) is 24.8 Å². The van der Waals surface area contributed by atoms with E-state index in [4.69, 9.17) is 9.16 Å².